The Morgan fingerprint density at radius 1 is 1.00 bits per heavy atom. The van der Waals surface area contributed by atoms with Crippen molar-refractivity contribution in [1.82, 2.24) is 4.90 Å². The maximum atomic E-state index is 13.7. The van der Waals surface area contributed by atoms with Gasteiger partial charge >= 0.3 is 6.09 Å². The van der Waals surface area contributed by atoms with Crippen molar-refractivity contribution < 1.29 is 32.9 Å². The summed E-state index contributed by atoms with van der Waals surface area (Å²) in [6, 6.07) is 19.8. The number of carbonyl (C=O) groups is 1. The third-order valence-corrected chi connectivity index (χ3v) is 9.60. The molecule has 2 aliphatic heterocycles. The highest BCUT2D eigenvalue weighted by Crippen LogP contribution is 2.35. The van der Waals surface area contributed by atoms with Crippen molar-refractivity contribution >= 4 is 24.9 Å². The van der Waals surface area contributed by atoms with Crippen LogP contribution in [0.15, 0.2) is 60.7 Å². The number of hydrogen-bond acceptors (Lipinski definition) is 6. The van der Waals surface area contributed by atoms with E-state index >= 15 is 0 Å². The first kappa shape index (κ1) is 30.5. The summed E-state index contributed by atoms with van der Waals surface area (Å²) >= 11 is 0. The number of ether oxygens (including phenoxy) is 5. The number of nitrogens with zero attached hydrogens (tertiary/aromatic N) is 1. The molecule has 1 amide bonds. The molecule has 0 radical (unpaired) electrons. The predicted octanol–water partition coefficient (Wildman–Crippen LogP) is 6.97. The molecule has 2 atom stereocenters. The summed E-state index contributed by atoms with van der Waals surface area (Å²) in [7, 11) is -1.32. The van der Waals surface area contributed by atoms with Gasteiger partial charge in [-0.1, -0.05) is 68.2 Å². The van der Waals surface area contributed by atoms with Gasteiger partial charge in [0.1, 0.15) is 11.6 Å². The van der Waals surface area contributed by atoms with Gasteiger partial charge in [-0.05, 0) is 35.5 Å². The lowest BCUT2D eigenvalue weighted by atomic mass is 9.87. The summed E-state index contributed by atoms with van der Waals surface area (Å²) in [5.41, 5.74) is 1.93. The van der Waals surface area contributed by atoms with Crippen molar-refractivity contribution in [3.8, 4) is 5.75 Å². The molecule has 2 aliphatic rings. The van der Waals surface area contributed by atoms with Crippen LogP contribution in [0.4, 0.5) is 9.18 Å². The van der Waals surface area contributed by atoms with E-state index in [1.54, 1.807) is 4.90 Å². The standard InChI is InChI=1S/C33H42FNO6Si/c1-42(2,3)21-20-40-33(36)35-16-14-28(25-10-12-27(34)13-11-25)30(22-35)41-23-26-9-8-24-6-4-5-7-29(24)32(26)39-17-15-31-37-18-19-38-31/h4-13,28,30-31H,14-23H2,1-3H3. The molecular weight excluding hydrogens is 553 g/mol. The van der Waals surface area contributed by atoms with Gasteiger partial charge in [-0.15, -0.1) is 0 Å². The number of benzene rings is 3. The van der Waals surface area contributed by atoms with Crippen LogP contribution in [-0.4, -0.2) is 71.0 Å². The molecule has 0 aliphatic carbocycles. The number of piperidine rings is 1. The Balaban J connectivity index is 1.32. The lowest BCUT2D eigenvalue weighted by Crippen LogP contribution is -2.47. The third-order valence-electron chi connectivity index (χ3n) is 7.90. The molecule has 0 saturated carbocycles. The molecule has 7 nitrogen and oxygen atoms in total. The first-order valence-corrected chi connectivity index (χ1v) is 18.6. The molecule has 226 valence electrons. The third kappa shape index (κ3) is 8.10. The van der Waals surface area contributed by atoms with Crippen molar-refractivity contribution in [1.29, 1.82) is 0 Å². The molecule has 5 rings (SSSR count). The van der Waals surface area contributed by atoms with Gasteiger partial charge in [-0.25, -0.2) is 9.18 Å². The molecular formula is C33H42FNO6Si. The lowest BCUT2D eigenvalue weighted by Gasteiger charge is -2.38. The van der Waals surface area contributed by atoms with E-state index in [1.165, 1.54) is 12.1 Å². The fraction of sp³-hybridized carbons (Fsp3) is 0.485. The fourth-order valence-electron chi connectivity index (χ4n) is 5.48. The monoisotopic (exact) mass is 595 g/mol. The second kappa shape index (κ2) is 14.0. The van der Waals surface area contributed by atoms with Crippen molar-refractivity contribution in [2.45, 2.75) is 63.4 Å². The Hall–Kier alpha value is -2.98. The van der Waals surface area contributed by atoms with E-state index in [0.717, 1.165) is 33.7 Å². The van der Waals surface area contributed by atoms with E-state index in [9.17, 15) is 9.18 Å². The first-order chi connectivity index (χ1) is 20.3. The van der Waals surface area contributed by atoms with E-state index in [0.29, 0.717) is 59.0 Å². The molecule has 0 aromatic heterocycles. The summed E-state index contributed by atoms with van der Waals surface area (Å²) < 4.78 is 43.5. The molecule has 0 N–H and O–H groups in total. The largest absolute Gasteiger partial charge is 0.492 e. The number of carbonyl (C=O) groups excluding carboxylic acids is 1. The van der Waals surface area contributed by atoms with Crippen LogP contribution >= 0.6 is 0 Å². The van der Waals surface area contributed by atoms with Crippen molar-refractivity contribution in [3.05, 3.63) is 77.6 Å². The zero-order chi connectivity index (χ0) is 29.5. The van der Waals surface area contributed by atoms with Crippen molar-refractivity contribution in [2.75, 3.05) is 39.5 Å². The molecule has 3 aromatic rings. The molecule has 2 saturated heterocycles. The summed E-state index contributed by atoms with van der Waals surface area (Å²) in [6.45, 7) is 10.2. The smallest absolute Gasteiger partial charge is 0.409 e. The van der Waals surface area contributed by atoms with Crippen LogP contribution in [0.5, 0.6) is 5.75 Å². The van der Waals surface area contributed by atoms with Gasteiger partial charge in [0, 0.05) is 37.9 Å². The maximum Gasteiger partial charge on any atom is 0.409 e. The van der Waals surface area contributed by atoms with Gasteiger partial charge in [-0.3, -0.25) is 0 Å². The molecule has 0 bridgehead atoms. The molecule has 2 unspecified atom stereocenters. The SMILES string of the molecule is C[Si](C)(C)CCOC(=O)N1CCC(c2ccc(F)cc2)C(OCc2ccc3ccccc3c2OCCC2OCCO2)C1. The Morgan fingerprint density at radius 2 is 1.76 bits per heavy atom. The highest BCUT2D eigenvalue weighted by Gasteiger charge is 2.34. The summed E-state index contributed by atoms with van der Waals surface area (Å²) in [5, 5.41) is 2.09. The van der Waals surface area contributed by atoms with E-state index < -0.39 is 8.07 Å². The number of rotatable bonds is 11. The Morgan fingerprint density at radius 3 is 2.52 bits per heavy atom. The number of fused-ring (bicyclic) bond motifs is 1. The topological polar surface area (TPSA) is 66.5 Å². The van der Waals surface area contributed by atoms with Gasteiger partial charge < -0.3 is 28.6 Å². The Labute approximate surface area is 248 Å². The second-order valence-electron chi connectivity index (χ2n) is 12.3. The lowest BCUT2D eigenvalue weighted by molar-refractivity contribution is -0.0533. The predicted molar refractivity (Wildman–Crippen MR) is 163 cm³/mol. The van der Waals surface area contributed by atoms with E-state index in [2.05, 4.69) is 37.8 Å². The number of hydrogen-bond donors (Lipinski definition) is 0. The molecule has 9 heteroatoms. The number of amides is 1. The molecule has 3 aromatic carbocycles. The zero-order valence-corrected chi connectivity index (χ0v) is 25.9. The fourth-order valence-corrected chi connectivity index (χ4v) is 6.19. The summed E-state index contributed by atoms with van der Waals surface area (Å²) in [5.74, 6) is 0.520. The molecule has 2 heterocycles. The normalized spacial score (nSPS) is 19.8. The maximum absolute atomic E-state index is 13.7. The summed E-state index contributed by atoms with van der Waals surface area (Å²) in [4.78, 5) is 14.7. The molecule has 0 spiro atoms. The van der Waals surface area contributed by atoms with Gasteiger partial charge in [0.25, 0.3) is 0 Å². The average Bonchev–Trinajstić information content (AvgIpc) is 3.50. The van der Waals surface area contributed by atoms with Crippen LogP contribution in [0.25, 0.3) is 10.8 Å². The van der Waals surface area contributed by atoms with Crippen LogP contribution in [0.2, 0.25) is 25.7 Å². The minimum atomic E-state index is -1.32. The summed E-state index contributed by atoms with van der Waals surface area (Å²) in [6.07, 6.45) is 0.490. The van der Waals surface area contributed by atoms with Gasteiger partial charge in [0.2, 0.25) is 0 Å². The highest BCUT2D eigenvalue weighted by atomic mass is 28.3. The van der Waals surface area contributed by atoms with Gasteiger partial charge in [-0.2, -0.15) is 0 Å². The quantitative estimate of drug-likeness (QED) is 0.223. The molecule has 42 heavy (non-hydrogen) atoms. The second-order valence-corrected chi connectivity index (χ2v) is 17.9. The minimum Gasteiger partial charge on any atom is -0.492 e. The minimum absolute atomic E-state index is 0.0121. The van der Waals surface area contributed by atoms with Crippen LogP contribution < -0.4 is 4.74 Å². The van der Waals surface area contributed by atoms with Crippen molar-refractivity contribution in [2.24, 2.45) is 0 Å². The van der Waals surface area contributed by atoms with Crippen LogP contribution in [0, 0.1) is 5.82 Å². The van der Waals surface area contributed by atoms with Crippen molar-refractivity contribution in [3.63, 3.8) is 0 Å². The van der Waals surface area contributed by atoms with E-state index in [-0.39, 0.29) is 30.2 Å². The van der Waals surface area contributed by atoms with Crippen LogP contribution in [0.3, 0.4) is 0 Å². The van der Waals surface area contributed by atoms with Crippen LogP contribution in [0.1, 0.15) is 29.9 Å². The average molecular weight is 596 g/mol. The number of likely N-dealkylation sites (tertiary alicyclic amines) is 1. The van der Waals surface area contributed by atoms with Gasteiger partial charge in [0.15, 0.2) is 6.29 Å². The molecule has 2 fully saturated rings. The van der Waals surface area contributed by atoms with Gasteiger partial charge in [0.05, 0.1) is 45.7 Å². The first-order valence-electron chi connectivity index (χ1n) is 14.9. The Kier molecular flexibility index (Phi) is 10.2. The van der Waals surface area contributed by atoms with Crippen LogP contribution in [-0.2, 0) is 25.6 Å². The van der Waals surface area contributed by atoms with E-state index in [1.807, 2.05) is 30.3 Å². The zero-order valence-electron chi connectivity index (χ0n) is 24.9. The Bertz CT molecular complexity index is 1320. The number of halogens is 1. The van der Waals surface area contributed by atoms with E-state index in [4.69, 9.17) is 23.7 Å². The highest BCUT2D eigenvalue weighted by molar-refractivity contribution is 6.76.